The van der Waals surface area contributed by atoms with E-state index in [4.69, 9.17) is 9.47 Å². The number of carbonyl (C=O) groups is 1. The smallest absolute Gasteiger partial charge is 0.238 e. The summed E-state index contributed by atoms with van der Waals surface area (Å²) in [6.07, 6.45) is 2.19. The maximum absolute atomic E-state index is 14.1. The number of hydrogen-bond acceptors (Lipinski definition) is 5. The lowest BCUT2D eigenvalue weighted by atomic mass is 9.90. The van der Waals surface area contributed by atoms with Crippen LogP contribution in [0.3, 0.4) is 0 Å². The number of hydrogen-bond donors (Lipinski definition) is 1. The first-order valence-electron chi connectivity index (χ1n) is 13.8. The third-order valence-corrected chi connectivity index (χ3v) is 8.11. The van der Waals surface area contributed by atoms with Gasteiger partial charge >= 0.3 is 0 Å². The summed E-state index contributed by atoms with van der Waals surface area (Å²) in [5.41, 5.74) is 7.07. The molecule has 3 aromatic carbocycles. The van der Waals surface area contributed by atoms with E-state index >= 15 is 0 Å². The van der Waals surface area contributed by atoms with Crippen LogP contribution < -0.4 is 19.7 Å². The highest BCUT2D eigenvalue weighted by atomic mass is 19.1. The average Bonchev–Trinajstić information content (AvgIpc) is 3.57. The van der Waals surface area contributed by atoms with Crippen LogP contribution in [0.25, 0.3) is 0 Å². The third-order valence-electron chi connectivity index (χ3n) is 8.11. The molecule has 5 rings (SSSR count). The molecule has 1 amide bonds. The van der Waals surface area contributed by atoms with E-state index in [1.807, 2.05) is 34.0 Å². The third kappa shape index (κ3) is 5.46. The lowest BCUT2D eigenvalue weighted by Gasteiger charge is -2.25. The molecule has 2 aliphatic rings. The minimum atomic E-state index is -0.260. The Hall–Kier alpha value is -3.58. The topological polar surface area (TPSA) is 54.0 Å². The number of amides is 1. The molecule has 0 aliphatic carbocycles. The molecule has 0 aromatic heterocycles. The SMILES string of the molecule is CCc1cc(F)cc(CC)c1NC(=O)CN1C[C@H](c2ccc3c(c2C)OCO3)C[C@@H]1c1ccc(N(C)C)cc1. The normalized spacial score (nSPS) is 18.4. The van der Waals surface area contributed by atoms with Crippen molar-refractivity contribution in [2.75, 3.05) is 44.2 Å². The molecule has 0 unspecified atom stereocenters. The first-order chi connectivity index (χ1) is 18.8. The minimum absolute atomic E-state index is 0.0796. The summed E-state index contributed by atoms with van der Waals surface area (Å²) in [7, 11) is 4.06. The van der Waals surface area contributed by atoms with Crippen LogP contribution in [0.5, 0.6) is 11.5 Å². The summed E-state index contributed by atoms with van der Waals surface area (Å²) in [4.78, 5) is 17.8. The molecular formula is C32H38FN3O3. The van der Waals surface area contributed by atoms with Crippen LogP contribution in [0.4, 0.5) is 15.8 Å². The van der Waals surface area contributed by atoms with Crippen LogP contribution in [0.2, 0.25) is 0 Å². The van der Waals surface area contributed by atoms with E-state index in [0.29, 0.717) is 12.8 Å². The molecule has 0 saturated carbocycles. The zero-order chi connectivity index (χ0) is 27.7. The zero-order valence-corrected chi connectivity index (χ0v) is 23.5. The molecule has 1 N–H and O–H groups in total. The van der Waals surface area contributed by atoms with Gasteiger partial charge in [0.25, 0.3) is 0 Å². The summed E-state index contributed by atoms with van der Waals surface area (Å²) in [6.45, 7) is 7.31. The molecule has 2 atom stereocenters. The number of carbonyl (C=O) groups excluding carboxylic acids is 1. The van der Waals surface area contributed by atoms with Gasteiger partial charge in [-0.2, -0.15) is 0 Å². The Morgan fingerprint density at radius 2 is 1.74 bits per heavy atom. The zero-order valence-electron chi connectivity index (χ0n) is 23.5. The second kappa shape index (κ2) is 11.3. The molecule has 1 saturated heterocycles. The average molecular weight is 532 g/mol. The largest absolute Gasteiger partial charge is 0.454 e. The molecule has 6 nitrogen and oxygen atoms in total. The number of ether oxygens (including phenoxy) is 2. The maximum Gasteiger partial charge on any atom is 0.238 e. The van der Waals surface area contributed by atoms with E-state index in [0.717, 1.165) is 52.5 Å². The van der Waals surface area contributed by atoms with Crippen LogP contribution in [0, 0.1) is 12.7 Å². The first-order valence-corrected chi connectivity index (χ1v) is 13.8. The predicted molar refractivity (Wildman–Crippen MR) is 154 cm³/mol. The van der Waals surface area contributed by atoms with Crippen molar-refractivity contribution < 1.29 is 18.7 Å². The van der Waals surface area contributed by atoms with Gasteiger partial charge in [-0.1, -0.05) is 32.0 Å². The Labute approximate surface area is 230 Å². The van der Waals surface area contributed by atoms with Crippen molar-refractivity contribution in [2.45, 2.75) is 52.0 Å². The Kier molecular flexibility index (Phi) is 7.80. The van der Waals surface area contributed by atoms with Gasteiger partial charge in [-0.25, -0.2) is 4.39 Å². The number of anilines is 2. The lowest BCUT2D eigenvalue weighted by Crippen LogP contribution is -2.33. The van der Waals surface area contributed by atoms with Gasteiger partial charge in [0, 0.05) is 38.1 Å². The van der Waals surface area contributed by atoms with Gasteiger partial charge in [0.2, 0.25) is 12.7 Å². The molecule has 0 spiro atoms. The van der Waals surface area contributed by atoms with Crippen LogP contribution in [-0.2, 0) is 17.6 Å². The standard InChI is InChI=1S/C32H38FN3O3/c1-6-21-14-25(33)15-22(7-2)31(21)34-30(37)18-36-17-24(27-12-13-29-32(20(27)3)39-19-38-29)16-28(36)23-8-10-26(11-9-23)35(4)5/h8-15,24,28H,6-7,16-19H2,1-5H3,(H,34,37)/t24-,28-/m1/s1. The fourth-order valence-electron chi connectivity index (χ4n) is 6.02. The van der Waals surface area contributed by atoms with Crippen molar-refractivity contribution in [2.24, 2.45) is 0 Å². The predicted octanol–water partition coefficient (Wildman–Crippen LogP) is 6.22. The fourth-order valence-corrected chi connectivity index (χ4v) is 6.02. The van der Waals surface area contributed by atoms with E-state index in [9.17, 15) is 9.18 Å². The second-order valence-corrected chi connectivity index (χ2v) is 10.7. The highest BCUT2D eigenvalue weighted by Gasteiger charge is 2.36. The van der Waals surface area contributed by atoms with E-state index in [-0.39, 0.29) is 37.0 Å². The first kappa shape index (κ1) is 27.0. The van der Waals surface area contributed by atoms with Crippen LogP contribution in [-0.4, -0.2) is 44.8 Å². The van der Waals surface area contributed by atoms with Gasteiger partial charge in [-0.3, -0.25) is 9.69 Å². The van der Waals surface area contributed by atoms with Crippen LogP contribution in [0.15, 0.2) is 48.5 Å². The van der Waals surface area contributed by atoms with E-state index in [1.54, 1.807) is 0 Å². The Bertz CT molecular complexity index is 1330. The number of nitrogens with one attached hydrogen (secondary N) is 1. The van der Waals surface area contributed by atoms with Crippen molar-refractivity contribution in [3.8, 4) is 11.5 Å². The van der Waals surface area contributed by atoms with Gasteiger partial charge in [-0.05, 0) is 90.3 Å². The van der Waals surface area contributed by atoms with Crippen molar-refractivity contribution in [3.63, 3.8) is 0 Å². The summed E-state index contributed by atoms with van der Waals surface area (Å²) in [5, 5.41) is 3.14. The number of likely N-dealkylation sites (tertiary alicyclic amines) is 1. The lowest BCUT2D eigenvalue weighted by molar-refractivity contribution is -0.117. The molecule has 39 heavy (non-hydrogen) atoms. The molecule has 0 radical (unpaired) electrons. The maximum atomic E-state index is 14.1. The van der Waals surface area contributed by atoms with E-state index in [1.165, 1.54) is 23.3 Å². The van der Waals surface area contributed by atoms with E-state index in [2.05, 4.69) is 52.4 Å². The molecule has 1 fully saturated rings. The monoisotopic (exact) mass is 531 g/mol. The van der Waals surface area contributed by atoms with Gasteiger partial charge in [-0.15, -0.1) is 0 Å². The molecule has 3 aromatic rings. The summed E-state index contributed by atoms with van der Waals surface area (Å²) in [5.74, 6) is 1.52. The minimum Gasteiger partial charge on any atom is -0.454 e. The number of fused-ring (bicyclic) bond motifs is 1. The summed E-state index contributed by atoms with van der Waals surface area (Å²) in [6, 6.07) is 15.9. The Balaban J connectivity index is 1.42. The molecule has 206 valence electrons. The number of rotatable bonds is 8. The molecule has 2 heterocycles. The van der Waals surface area contributed by atoms with Gasteiger partial charge < -0.3 is 19.7 Å². The molecule has 7 heteroatoms. The second-order valence-electron chi connectivity index (χ2n) is 10.7. The van der Waals surface area contributed by atoms with Crippen molar-refractivity contribution in [3.05, 3.63) is 82.2 Å². The highest BCUT2D eigenvalue weighted by Crippen LogP contribution is 2.45. The summed E-state index contributed by atoms with van der Waals surface area (Å²) < 4.78 is 25.5. The highest BCUT2D eigenvalue weighted by molar-refractivity contribution is 5.94. The number of benzene rings is 3. The van der Waals surface area contributed by atoms with Crippen molar-refractivity contribution >= 4 is 17.3 Å². The van der Waals surface area contributed by atoms with Gasteiger partial charge in [0.15, 0.2) is 11.5 Å². The fraction of sp³-hybridized carbons (Fsp3) is 0.406. The van der Waals surface area contributed by atoms with Crippen molar-refractivity contribution in [1.29, 1.82) is 0 Å². The van der Waals surface area contributed by atoms with E-state index < -0.39 is 0 Å². The Morgan fingerprint density at radius 3 is 2.38 bits per heavy atom. The molecular weight excluding hydrogens is 493 g/mol. The van der Waals surface area contributed by atoms with Gasteiger partial charge in [0.1, 0.15) is 5.82 Å². The van der Waals surface area contributed by atoms with Crippen LogP contribution in [0.1, 0.15) is 60.0 Å². The number of halogens is 1. The van der Waals surface area contributed by atoms with Crippen molar-refractivity contribution in [1.82, 2.24) is 4.90 Å². The summed E-state index contributed by atoms with van der Waals surface area (Å²) >= 11 is 0. The van der Waals surface area contributed by atoms with Crippen LogP contribution >= 0.6 is 0 Å². The number of aryl methyl sites for hydroxylation is 2. The number of nitrogens with zero attached hydrogens (tertiary/aromatic N) is 2. The molecule has 0 bridgehead atoms. The quantitative estimate of drug-likeness (QED) is 0.374. The Morgan fingerprint density at radius 1 is 1.05 bits per heavy atom. The van der Waals surface area contributed by atoms with Gasteiger partial charge in [0.05, 0.1) is 6.54 Å². The molecule has 2 aliphatic heterocycles.